The van der Waals surface area contributed by atoms with Gasteiger partial charge in [-0.05, 0) is 12.3 Å². The van der Waals surface area contributed by atoms with Gasteiger partial charge in [-0.25, -0.2) is 0 Å². The van der Waals surface area contributed by atoms with E-state index in [0.29, 0.717) is 18.0 Å². The molecule has 2 unspecified atom stereocenters. The summed E-state index contributed by atoms with van der Waals surface area (Å²) in [5, 5.41) is 15.8. The predicted molar refractivity (Wildman–Crippen MR) is 79.8 cm³/mol. The first-order valence-electron chi connectivity index (χ1n) is 6.65. The maximum absolute atomic E-state index is 11.4. The van der Waals surface area contributed by atoms with Crippen LogP contribution >= 0.6 is 15.9 Å². The Bertz CT molecular complexity index is 447. The minimum Gasteiger partial charge on any atom is -0.265 e. The molecule has 2 atom stereocenters. The van der Waals surface area contributed by atoms with Gasteiger partial charge in [0, 0.05) is 17.8 Å². The Morgan fingerprint density at radius 1 is 1.42 bits per heavy atom. The van der Waals surface area contributed by atoms with Gasteiger partial charge in [0.25, 0.3) is 0 Å². The van der Waals surface area contributed by atoms with Crippen molar-refractivity contribution in [1.29, 1.82) is 0 Å². The average Bonchev–Trinajstić information content (AvgIpc) is 2.55. The number of alkyl halides is 1. The van der Waals surface area contributed by atoms with Gasteiger partial charge >= 0.3 is 5.69 Å². The molecule has 5 nitrogen and oxygen atoms in total. The van der Waals surface area contributed by atoms with Crippen LogP contribution in [0, 0.1) is 16.0 Å². The van der Waals surface area contributed by atoms with Gasteiger partial charge in [-0.3, -0.25) is 14.8 Å². The predicted octanol–water partition coefficient (Wildman–Crippen LogP) is 3.80. The van der Waals surface area contributed by atoms with Gasteiger partial charge in [-0.2, -0.15) is 5.10 Å². The molecule has 19 heavy (non-hydrogen) atoms. The van der Waals surface area contributed by atoms with Crippen molar-refractivity contribution in [3.63, 3.8) is 0 Å². The van der Waals surface area contributed by atoms with Crippen LogP contribution in [0.2, 0.25) is 0 Å². The quantitative estimate of drug-likeness (QED) is 0.452. The Kier molecular flexibility index (Phi) is 5.52. The lowest BCUT2D eigenvalue weighted by Crippen LogP contribution is -2.20. The van der Waals surface area contributed by atoms with E-state index in [1.807, 2.05) is 13.8 Å². The lowest BCUT2D eigenvalue weighted by atomic mass is 9.88. The van der Waals surface area contributed by atoms with Gasteiger partial charge < -0.3 is 0 Å². The van der Waals surface area contributed by atoms with Crippen molar-refractivity contribution in [2.24, 2.45) is 13.0 Å². The summed E-state index contributed by atoms with van der Waals surface area (Å²) in [5.41, 5.74) is 1.53. The molecule has 1 aromatic rings. The Labute approximate surface area is 122 Å². The van der Waals surface area contributed by atoms with Crippen LogP contribution < -0.4 is 0 Å². The molecule has 6 heteroatoms. The van der Waals surface area contributed by atoms with Crippen molar-refractivity contribution in [3.8, 4) is 0 Å². The van der Waals surface area contributed by atoms with Crippen LogP contribution in [0.15, 0.2) is 0 Å². The van der Waals surface area contributed by atoms with Crippen molar-refractivity contribution in [3.05, 3.63) is 21.5 Å². The fourth-order valence-corrected chi connectivity index (χ4v) is 3.49. The fraction of sp³-hybridized carbons (Fsp3) is 0.769. The van der Waals surface area contributed by atoms with Gasteiger partial charge in [0.05, 0.1) is 4.92 Å². The lowest BCUT2D eigenvalue weighted by Gasteiger charge is -2.23. The molecule has 0 amide bonds. The van der Waals surface area contributed by atoms with Gasteiger partial charge in [0.1, 0.15) is 11.4 Å². The van der Waals surface area contributed by atoms with Crippen molar-refractivity contribution in [1.82, 2.24) is 9.78 Å². The number of hydrogen-bond donors (Lipinski definition) is 0. The highest BCUT2D eigenvalue weighted by Crippen LogP contribution is 2.38. The van der Waals surface area contributed by atoms with Crippen molar-refractivity contribution < 1.29 is 4.92 Å². The molecule has 0 bridgehead atoms. The summed E-state index contributed by atoms with van der Waals surface area (Å²) in [6.07, 6.45) is 1.50. The van der Waals surface area contributed by atoms with Crippen LogP contribution in [-0.4, -0.2) is 19.5 Å². The van der Waals surface area contributed by atoms with Gasteiger partial charge in [0.15, 0.2) is 0 Å². The molecule has 0 saturated carbocycles. The highest BCUT2D eigenvalue weighted by molar-refractivity contribution is 9.09. The van der Waals surface area contributed by atoms with E-state index >= 15 is 0 Å². The molecule has 108 valence electrons. The highest BCUT2D eigenvalue weighted by Gasteiger charge is 2.34. The minimum absolute atomic E-state index is 0.0727. The normalized spacial score (nSPS) is 14.7. The first kappa shape index (κ1) is 16.1. The van der Waals surface area contributed by atoms with Crippen molar-refractivity contribution in [2.45, 2.75) is 51.3 Å². The molecule has 1 aromatic heterocycles. The summed E-state index contributed by atoms with van der Waals surface area (Å²) < 4.78 is 1.69. The van der Waals surface area contributed by atoms with E-state index in [9.17, 15) is 10.1 Å². The Morgan fingerprint density at radius 2 is 2.00 bits per heavy atom. The van der Waals surface area contributed by atoms with Crippen LogP contribution in [0.1, 0.15) is 51.4 Å². The summed E-state index contributed by atoms with van der Waals surface area (Å²) in [7, 11) is 1.80. The summed E-state index contributed by atoms with van der Waals surface area (Å²) in [4.78, 5) is 11.3. The van der Waals surface area contributed by atoms with Gasteiger partial charge in [0.2, 0.25) is 0 Å². The van der Waals surface area contributed by atoms with Crippen LogP contribution in [0.4, 0.5) is 5.69 Å². The van der Waals surface area contributed by atoms with E-state index in [-0.39, 0.29) is 21.4 Å². The SMILES string of the molecule is CCCc1nn(C)c(C(C(C)C)C(C)Br)c1[N+](=O)[O-]. The molecule has 0 aliphatic rings. The van der Waals surface area contributed by atoms with Crippen LogP contribution in [0.3, 0.4) is 0 Å². The third-order valence-corrected chi connectivity index (χ3v) is 3.90. The topological polar surface area (TPSA) is 61.0 Å². The molecule has 0 fully saturated rings. The van der Waals surface area contributed by atoms with E-state index < -0.39 is 0 Å². The molecule has 0 aliphatic heterocycles. The number of nitrogens with zero attached hydrogens (tertiary/aromatic N) is 3. The lowest BCUT2D eigenvalue weighted by molar-refractivity contribution is -0.386. The number of aryl methyl sites for hydroxylation is 2. The second kappa shape index (κ2) is 6.50. The third-order valence-electron chi connectivity index (χ3n) is 3.33. The third kappa shape index (κ3) is 3.35. The van der Waals surface area contributed by atoms with Crippen molar-refractivity contribution in [2.75, 3.05) is 0 Å². The van der Waals surface area contributed by atoms with E-state index in [1.165, 1.54) is 0 Å². The summed E-state index contributed by atoms with van der Waals surface area (Å²) in [5.74, 6) is 0.376. The second-order valence-electron chi connectivity index (χ2n) is 5.26. The number of rotatable bonds is 6. The summed E-state index contributed by atoms with van der Waals surface area (Å²) in [6.45, 7) is 8.20. The Hall–Kier alpha value is -0.910. The molecule has 0 spiro atoms. The second-order valence-corrected chi connectivity index (χ2v) is 6.70. The van der Waals surface area contributed by atoms with Gasteiger partial charge in [-0.1, -0.05) is 50.0 Å². The Balaban J connectivity index is 3.43. The first-order chi connectivity index (χ1) is 8.81. The van der Waals surface area contributed by atoms with Crippen LogP contribution in [0.25, 0.3) is 0 Å². The molecule has 0 aromatic carbocycles. The molecular weight excluding hydrogens is 310 g/mol. The molecular formula is C13H22BrN3O2. The van der Waals surface area contributed by atoms with E-state index in [2.05, 4.69) is 34.9 Å². The molecule has 0 N–H and O–H groups in total. The smallest absolute Gasteiger partial charge is 0.265 e. The zero-order valence-corrected chi connectivity index (χ0v) is 13.8. The van der Waals surface area contributed by atoms with Crippen LogP contribution in [-0.2, 0) is 13.5 Å². The fourth-order valence-electron chi connectivity index (χ4n) is 2.62. The maximum atomic E-state index is 11.4. The number of nitro groups is 1. The summed E-state index contributed by atoms with van der Waals surface area (Å²) >= 11 is 3.58. The number of halogens is 1. The van der Waals surface area contributed by atoms with E-state index in [0.717, 1.165) is 12.1 Å². The van der Waals surface area contributed by atoms with Gasteiger partial charge in [-0.15, -0.1) is 0 Å². The number of aromatic nitrogens is 2. The molecule has 0 saturated heterocycles. The van der Waals surface area contributed by atoms with E-state index in [1.54, 1.807) is 11.7 Å². The highest BCUT2D eigenvalue weighted by atomic mass is 79.9. The molecule has 0 radical (unpaired) electrons. The largest absolute Gasteiger partial charge is 0.313 e. The maximum Gasteiger partial charge on any atom is 0.313 e. The minimum atomic E-state index is -0.280. The molecule has 1 rings (SSSR count). The van der Waals surface area contributed by atoms with Crippen LogP contribution in [0.5, 0.6) is 0 Å². The average molecular weight is 332 g/mol. The molecule has 0 aliphatic carbocycles. The van der Waals surface area contributed by atoms with E-state index in [4.69, 9.17) is 0 Å². The standard InChI is InChI=1S/C13H22BrN3O2/c1-6-7-10-12(17(18)19)13(16(5)15-10)11(8(2)3)9(4)14/h8-9,11H,6-7H2,1-5H3. The number of hydrogen-bond acceptors (Lipinski definition) is 3. The first-order valence-corrected chi connectivity index (χ1v) is 7.57. The Morgan fingerprint density at radius 3 is 2.37 bits per heavy atom. The molecule has 1 heterocycles. The monoisotopic (exact) mass is 331 g/mol. The zero-order valence-electron chi connectivity index (χ0n) is 12.2. The van der Waals surface area contributed by atoms with Crippen molar-refractivity contribution >= 4 is 21.6 Å². The zero-order chi connectivity index (χ0) is 14.7. The summed E-state index contributed by atoms with van der Waals surface area (Å²) in [6, 6.07) is 0.